The maximum Gasteiger partial charge on any atom is 0.202 e. The number of hydrogen-bond acceptors (Lipinski definition) is 3. The molecule has 0 fully saturated rings. The van der Waals surface area contributed by atoms with Crippen LogP contribution < -0.4 is 0 Å². The quantitative estimate of drug-likeness (QED) is 0.316. The zero-order chi connectivity index (χ0) is 12.5. The van der Waals surface area contributed by atoms with Crippen LogP contribution in [-0.4, -0.2) is 26.5 Å². The van der Waals surface area contributed by atoms with Gasteiger partial charge in [0.1, 0.15) is 5.69 Å². The van der Waals surface area contributed by atoms with E-state index in [1.165, 1.54) is 6.21 Å². The summed E-state index contributed by atoms with van der Waals surface area (Å²) in [5.41, 5.74) is 2.75. The normalized spacial score (nSPS) is 13.0. The molecule has 0 radical (unpaired) electrons. The first kappa shape index (κ1) is 12.6. The van der Waals surface area contributed by atoms with E-state index >= 15 is 0 Å². The second kappa shape index (κ2) is 4.20. The van der Waals surface area contributed by atoms with E-state index in [0.717, 1.165) is 21.8 Å². The van der Waals surface area contributed by atoms with Gasteiger partial charge in [0.15, 0.2) is 5.54 Å². The molecule has 0 saturated heterocycles. The maximum absolute atomic E-state index is 11.8. The van der Waals surface area contributed by atoms with Gasteiger partial charge in [-0.2, -0.15) is 0 Å². The Balaban J connectivity index is 3.21. The van der Waals surface area contributed by atoms with Gasteiger partial charge in [-0.15, -0.1) is 0 Å². The number of aryl methyl sites for hydroxylation is 3. The van der Waals surface area contributed by atoms with Crippen LogP contribution in [-0.2, 0) is 0 Å². The van der Waals surface area contributed by atoms with E-state index in [0.29, 0.717) is 5.69 Å². The van der Waals surface area contributed by atoms with Gasteiger partial charge in [-0.3, -0.25) is 4.98 Å². The minimum Gasteiger partial charge on any atom is -0.623 e. The van der Waals surface area contributed by atoms with E-state index < -0.39 is 5.54 Å². The average Bonchev–Trinajstić information content (AvgIpc) is 2.12. The SMILES string of the molecule is Cc1nc(C)c(C=[N+]([O-])C(C)(C)C)nc1C. The van der Waals surface area contributed by atoms with Gasteiger partial charge in [-0.1, -0.05) is 0 Å². The predicted molar refractivity (Wildman–Crippen MR) is 64.8 cm³/mol. The lowest BCUT2D eigenvalue weighted by Gasteiger charge is -2.18. The van der Waals surface area contributed by atoms with Crippen molar-refractivity contribution < 1.29 is 4.74 Å². The molecule has 0 N–H and O–H groups in total. The fourth-order valence-electron chi connectivity index (χ4n) is 1.16. The molecular formula is C12H19N3O. The summed E-state index contributed by atoms with van der Waals surface area (Å²) in [6.45, 7) is 11.3. The predicted octanol–water partition coefficient (Wildman–Crippen LogP) is 2.13. The van der Waals surface area contributed by atoms with Gasteiger partial charge in [0.05, 0.1) is 17.1 Å². The molecule has 88 valence electrons. The highest BCUT2D eigenvalue weighted by atomic mass is 16.5. The van der Waals surface area contributed by atoms with E-state index in [-0.39, 0.29) is 0 Å². The number of hydrogen-bond donors (Lipinski definition) is 0. The molecule has 16 heavy (non-hydrogen) atoms. The van der Waals surface area contributed by atoms with Gasteiger partial charge in [0.2, 0.25) is 6.21 Å². The molecule has 1 aromatic heterocycles. The topological polar surface area (TPSA) is 51.9 Å². The van der Waals surface area contributed by atoms with Gasteiger partial charge in [0, 0.05) is 20.8 Å². The van der Waals surface area contributed by atoms with E-state index in [1.54, 1.807) is 0 Å². The summed E-state index contributed by atoms with van der Waals surface area (Å²) in [5, 5.41) is 11.8. The minimum atomic E-state index is -0.451. The van der Waals surface area contributed by atoms with Crippen molar-refractivity contribution in [3.8, 4) is 0 Å². The molecule has 1 aromatic rings. The number of nitrogens with zero attached hydrogens (tertiary/aromatic N) is 3. The standard InChI is InChI=1S/C12H19N3O/c1-8-9(2)14-11(10(3)13-8)7-15(16)12(4,5)6/h7H,1-6H3. The molecular weight excluding hydrogens is 202 g/mol. The molecule has 0 aromatic carbocycles. The Labute approximate surface area is 96.6 Å². The molecule has 0 spiro atoms. The van der Waals surface area contributed by atoms with Crippen LogP contribution in [0.15, 0.2) is 0 Å². The highest BCUT2D eigenvalue weighted by Gasteiger charge is 2.19. The number of hydroxylamine groups is 1. The van der Waals surface area contributed by atoms with Crippen LogP contribution >= 0.6 is 0 Å². The first-order valence-electron chi connectivity index (χ1n) is 5.35. The van der Waals surface area contributed by atoms with Crippen LogP contribution in [0, 0.1) is 26.0 Å². The van der Waals surface area contributed by atoms with Crippen LogP contribution in [0.1, 0.15) is 43.5 Å². The van der Waals surface area contributed by atoms with Crippen molar-refractivity contribution in [3.63, 3.8) is 0 Å². The van der Waals surface area contributed by atoms with Crippen molar-refractivity contribution in [2.75, 3.05) is 0 Å². The van der Waals surface area contributed by atoms with Gasteiger partial charge in [-0.05, 0) is 20.8 Å². The molecule has 0 saturated carbocycles. The second-order valence-electron chi connectivity index (χ2n) is 4.99. The third-order valence-electron chi connectivity index (χ3n) is 2.42. The zero-order valence-electron chi connectivity index (χ0n) is 10.8. The Bertz CT molecular complexity index is 431. The molecule has 0 bridgehead atoms. The molecule has 0 unspecified atom stereocenters. The van der Waals surface area contributed by atoms with Gasteiger partial charge < -0.3 is 5.21 Å². The van der Waals surface area contributed by atoms with E-state index in [9.17, 15) is 5.21 Å². The monoisotopic (exact) mass is 221 g/mol. The first-order valence-corrected chi connectivity index (χ1v) is 5.35. The lowest BCUT2D eigenvalue weighted by atomic mass is 10.1. The summed E-state index contributed by atoms with van der Waals surface area (Å²) in [4.78, 5) is 8.71. The van der Waals surface area contributed by atoms with Crippen molar-refractivity contribution in [2.45, 2.75) is 47.1 Å². The van der Waals surface area contributed by atoms with Crippen molar-refractivity contribution in [3.05, 3.63) is 28.0 Å². The largest absolute Gasteiger partial charge is 0.623 e. The molecule has 4 heteroatoms. The highest BCUT2D eigenvalue weighted by Crippen LogP contribution is 2.08. The molecule has 1 rings (SSSR count). The van der Waals surface area contributed by atoms with Crippen LogP contribution in [0.25, 0.3) is 0 Å². The lowest BCUT2D eigenvalue weighted by Crippen LogP contribution is -2.29. The van der Waals surface area contributed by atoms with E-state index in [1.807, 2.05) is 41.5 Å². The molecule has 4 nitrogen and oxygen atoms in total. The van der Waals surface area contributed by atoms with Crippen molar-refractivity contribution in [2.24, 2.45) is 0 Å². The molecule has 0 aliphatic rings. The third-order valence-corrected chi connectivity index (χ3v) is 2.42. The molecule has 0 aliphatic carbocycles. The molecule has 0 aliphatic heterocycles. The number of rotatable bonds is 1. The Morgan fingerprint density at radius 1 is 1.00 bits per heavy atom. The van der Waals surface area contributed by atoms with E-state index in [4.69, 9.17) is 0 Å². The van der Waals surface area contributed by atoms with E-state index in [2.05, 4.69) is 9.97 Å². The van der Waals surface area contributed by atoms with Crippen molar-refractivity contribution in [1.82, 2.24) is 9.97 Å². The Morgan fingerprint density at radius 3 is 2.00 bits per heavy atom. The maximum atomic E-state index is 11.8. The Hall–Kier alpha value is -1.45. The van der Waals surface area contributed by atoms with Crippen molar-refractivity contribution >= 4 is 6.21 Å². The van der Waals surface area contributed by atoms with Crippen LogP contribution in [0.2, 0.25) is 0 Å². The third kappa shape index (κ3) is 2.78. The van der Waals surface area contributed by atoms with Crippen LogP contribution in [0.4, 0.5) is 0 Å². The summed E-state index contributed by atoms with van der Waals surface area (Å²) >= 11 is 0. The fourth-order valence-corrected chi connectivity index (χ4v) is 1.16. The smallest absolute Gasteiger partial charge is 0.202 e. The molecule has 0 amide bonds. The Morgan fingerprint density at radius 2 is 1.50 bits per heavy atom. The fraction of sp³-hybridized carbons (Fsp3) is 0.583. The highest BCUT2D eigenvalue weighted by molar-refractivity contribution is 5.74. The number of aromatic nitrogens is 2. The summed E-state index contributed by atoms with van der Waals surface area (Å²) in [6.07, 6.45) is 1.51. The Kier molecular flexibility index (Phi) is 3.31. The lowest BCUT2D eigenvalue weighted by molar-refractivity contribution is -0.530. The zero-order valence-corrected chi connectivity index (χ0v) is 10.8. The van der Waals surface area contributed by atoms with Crippen LogP contribution in [0.3, 0.4) is 0 Å². The second-order valence-corrected chi connectivity index (χ2v) is 4.99. The van der Waals surface area contributed by atoms with Gasteiger partial charge >= 0.3 is 0 Å². The van der Waals surface area contributed by atoms with Crippen molar-refractivity contribution in [1.29, 1.82) is 0 Å². The summed E-state index contributed by atoms with van der Waals surface area (Å²) in [6, 6.07) is 0. The van der Waals surface area contributed by atoms with Gasteiger partial charge in [0.25, 0.3) is 0 Å². The molecule has 0 atom stereocenters. The summed E-state index contributed by atoms with van der Waals surface area (Å²) in [5.74, 6) is 0. The van der Waals surface area contributed by atoms with Gasteiger partial charge in [-0.25, -0.2) is 9.72 Å². The summed E-state index contributed by atoms with van der Waals surface area (Å²) in [7, 11) is 0. The molecule has 1 heterocycles. The average molecular weight is 221 g/mol. The van der Waals surface area contributed by atoms with Crippen LogP contribution in [0.5, 0.6) is 0 Å². The first-order chi connectivity index (χ1) is 7.21. The minimum absolute atomic E-state index is 0.451. The summed E-state index contributed by atoms with van der Waals surface area (Å²) < 4.78 is 0.915.